The van der Waals surface area contributed by atoms with Crippen molar-refractivity contribution in [1.82, 2.24) is 4.90 Å². The van der Waals surface area contributed by atoms with Crippen molar-refractivity contribution >= 4 is 0 Å². The fourth-order valence-electron chi connectivity index (χ4n) is 2.75. The summed E-state index contributed by atoms with van der Waals surface area (Å²) in [7, 11) is 0. The zero-order valence-corrected chi connectivity index (χ0v) is 12.4. The molecule has 1 aliphatic rings. The van der Waals surface area contributed by atoms with Crippen LogP contribution in [-0.2, 0) is 0 Å². The van der Waals surface area contributed by atoms with Gasteiger partial charge >= 0.3 is 0 Å². The second-order valence-electron chi connectivity index (χ2n) is 5.74. The second-order valence-corrected chi connectivity index (χ2v) is 5.74. The van der Waals surface area contributed by atoms with Gasteiger partial charge in [-0.25, -0.2) is 0 Å². The van der Waals surface area contributed by atoms with Crippen molar-refractivity contribution < 1.29 is 14.9 Å². The number of aliphatic hydroxyl groups is 2. The number of hydrogen-bond donors (Lipinski definition) is 2. The Morgan fingerprint density at radius 1 is 1.35 bits per heavy atom. The number of para-hydroxylation sites is 1. The van der Waals surface area contributed by atoms with Crippen LogP contribution in [0.2, 0.25) is 0 Å². The number of ether oxygens (including phenoxy) is 1. The first-order valence-electron chi connectivity index (χ1n) is 7.33. The van der Waals surface area contributed by atoms with E-state index in [1.807, 2.05) is 32.0 Å². The number of likely N-dealkylation sites (tertiary alicyclic amines) is 1. The zero-order chi connectivity index (χ0) is 14.5. The van der Waals surface area contributed by atoms with E-state index in [1.165, 1.54) is 0 Å². The summed E-state index contributed by atoms with van der Waals surface area (Å²) in [5.41, 5.74) is 2.18. The fourth-order valence-corrected chi connectivity index (χ4v) is 2.75. The number of hydrogen-bond acceptors (Lipinski definition) is 4. The highest BCUT2D eigenvalue weighted by Crippen LogP contribution is 2.22. The number of piperidine rings is 1. The maximum atomic E-state index is 10.1. The van der Waals surface area contributed by atoms with Gasteiger partial charge in [-0.15, -0.1) is 0 Å². The molecule has 1 aliphatic heterocycles. The van der Waals surface area contributed by atoms with Crippen molar-refractivity contribution in [3.63, 3.8) is 0 Å². The summed E-state index contributed by atoms with van der Waals surface area (Å²) in [6, 6.07) is 6.02. The molecule has 20 heavy (non-hydrogen) atoms. The largest absolute Gasteiger partial charge is 0.490 e. The van der Waals surface area contributed by atoms with Crippen LogP contribution in [0, 0.1) is 13.8 Å². The summed E-state index contributed by atoms with van der Waals surface area (Å²) in [5, 5.41) is 19.7. The van der Waals surface area contributed by atoms with Crippen molar-refractivity contribution in [3.8, 4) is 5.75 Å². The average molecular weight is 279 g/mol. The Kier molecular flexibility index (Phi) is 5.40. The minimum Gasteiger partial charge on any atom is -0.490 e. The molecule has 1 fully saturated rings. The predicted octanol–water partition coefficient (Wildman–Crippen LogP) is 1.50. The summed E-state index contributed by atoms with van der Waals surface area (Å²) in [4.78, 5) is 2.10. The minimum absolute atomic E-state index is 0.254. The highest BCUT2D eigenvalue weighted by molar-refractivity contribution is 5.39. The molecule has 0 bridgehead atoms. The number of nitrogens with zero attached hydrogens (tertiary/aromatic N) is 1. The van der Waals surface area contributed by atoms with Gasteiger partial charge in [-0.3, -0.25) is 4.90 Å². The number of benzene rings is 1. The third kappa shape index (κ3) is 4.20. The van der Waals surface area contributed by atoms with Gasteiger partial charge in [0.05, 0.1) is 6.10 Å². The molecular formula is C16H25NO3. The van der Waals surface area contributed by atoms with Gasteiger partial charge in [-0.05, 0) is 44.4 Å². The molecule has 1 heterocycles. The van der Waals surface area contributed by atoms with Crippen LogP contribution in [0.1, 0.15) is 24.0 Å². The first-order chi connectivity index (χ1) is 9.56. The smallest absolute Gasteiger partial charge is 0.125 e. The molecule has 4 nitrogen and oxygen atoms in total. The molecule has 0 radical (unpaired) electrons. The van der Waals surface area contributed by atoms with Gasteiger partial charge in [0.25, 0.3) is 0 Å². The van der Waals surface area contributed by atoms with E-state index in [9.17, 15) is 10.2 Å². The van der Waals surface area contributed by atoms with Gasteiger partial charge in [0.1, 0.15) is 18.5 Å². The standard InChI is InChI=1S/C16H25NO3/c1-12-5-3-6-13(2)16(12)20-11-15(19)10-17-8-4-7-14(18)9-17/h3,5-6,14-15,18-19H,4,7-11H2,1-2H3/t14-,15+/m1/s1. The summed E-state index contributed by atoms with van der Waals surface area (Å²) in [5.74, 6) is 0.866. The molecule has 1 saturated heterocycles. The molecule has 2 rings (SSSR count). The first kappa shape index (κ1) is 15.3. The van der Waals surface area contributed by atoms with Crippen LogP contribution in [0.4, 0.5) is 0 Å². The number of rotatable bonds is 5. The number of aryl methyl sites for hydroxylation is 2. The third-order valence-electron chi connectivity index (χ3n) is 3.78. The highest BCUT2D eigenvalue weighted by atomic mass is 16.5. The lowest BCUT2D eigenvalue weighted by molar-refractivity contribution is 0.0241. The second kappa shape index (κ2) is 7.07. The molecule has 0 spiro atoms. The minimum atomic E-state index is -0.528. The monoisotopic (exact) mass is 279 g/mol. The van der Waals surface area contributed by atoms with Crippen LogP contribution in [0.15, 0.2) is 18.2 Å². The van der Waals surface area contributed by atoms with Gasteiger partial charge in [0.15, 0.2) is 0 Å². The van der Waals surface area contributed by atoms with E-state index in [0.29, 0.717) is 13.1 Å². The van der Waals surface area contributed by atoms with E-state index in [-0.39, 0.29) is 12.7 Å². The summed E-state index contributed by atoms with van der Waals surface area (Å²) in [6.45, 7) is 6.46. The van der Waals surface area contributed by atoms with Crippen LogP contribution >= 0.6 is 0 Å². The van der Waals surface area contributed by atoms with Crippen molar-refractivity contribution in [2.24, 2.45) is 0 Å². The van der Waals surface area contributed by atoms with E-state index in [0.717, 1.165) is 36.3 Å². The molecule has 2 N–H and O–H groups in total. The number of aliphatic hydroxyl groups excluding tert-OH is 2. The van der Waals surface area contributed by atoms with Crippen molar-refractivity contribution in [2.45, 2.75) is 38.9 Å². The molecule has 0 aromatic heterocycles. The van der Waals surface area contributed by atoms with E-state index < -0.39 is 6.10 Å². The van der Waals surface area contributed by atoms with Crippen LogP contribution in [0.5, 0.6) is 5.75 Å². The van der Waals surface area contributed by atoms with Crippen molar-refractivity contribution in [3.05, 3.63) is 29.3 Å². The van der Waals surface area contributed by atoms with E-state index in [1.54, 1.807) is 0 Å². The fraction of sp³-hybridized carbons (Fsp3) is 0.625. The molecule has 0 aliphatic carbocycles. The van der Waals surface area contributed by atoms with E-state index >= 15 is 0 Å². The predicted molar refractivity (Wildman–Crippen MR) is 79.1 cm³/mol. The van der Waals surface area contributed by atoms with E-state index in [2.05, 4.69) is 4.90 Å². The quantitative estimate of drug-likeness (QED) is 0.857. The third-order valence-corrected chi connectivity index (χ3v) is 3.78. The van der Waals surface area contributed by atoms with Gasteiger partial charge in [0, 0.05) is 13.1 Å². The Morgan fingerprint density at radius 2 is 2.05 bits per heavy atom. The topological polar surface area (TPSA) is 52.9 Å². The molecule has 0 saturated carbocycles. The van der Waals surface area contributed by atoms with Crippen molar-refractivity contribution in [2.75, 3.05) is 26.2 Å². The number of β-amino-alcohol motifs (C(OH)–C–C–N with tert-alkyl or cyclic N) is 2. The van der Waals surface area contributed by atoms with Crippen molar-refractivity contribution in [1.29, 1.82) is 0 Å². The van der Waals surface area contributed by atoms with E-state index in [4.69, 9.17) is 4.74 Å². The van der Waals surface area contributed by atoms with Gasteiger partial charge < -0.3 is 14.9 Å². The molecule has 2 atom stereocenters. The average Bonchev–Trinajstić information content (AvgIpc) is 2.38. The Balaban J connectivity index is 1.81. The molecule has 4 heteroatoms. The molecule has 0 unspecified atom stereocenters. The highest BCUT2D eigenvalue weighted by Gasteiger charge is 2.20. The lowest BCUT2D eigenvalue weighted by Crippen LogP contribution is -2.43. The van der Waals surface area contributed by atoms with Gasteiger partial charge in [0.2, 0.25) is 0 Å². The molecular weight excluding hydrogens is 254 g/mol. The maximum absolute atomic E-state index is 10.1. The van der Waals surface area contributed by atoms with Crippen LogP contribution < -0.4 is 4.74 Å². The zero-order valence-electron chi connectivity index (χ0n) is 12.4. The van der Waals surface area contributed by atoms with Crippen LogP contribution in [0.3, 0.4) is 0 Å². The Labute approximate surface area is 121 Å². The Hall–Kier alpha value is -1.10. The maximum Gasteiger partial charge on any atom is 0.125 e. The Bertz CT molecular complexity index is 415. The van der Waals surface area contributed by atoms with Crippen LogP contribution in [0.25, 0.3) is 0 Å². The molecule has 0 amide bonds. The first-order valence-corrected chi connectivity index (χ1v) is 7.33. The lowest BCUT2D eigenvalue weighted by atomic mass is 10.1. The summed E-state index contributed by atoms with van der Waals surface area (Å²) >= 11 is 0. The molecule has 112 valence electrons. The van der Waals surface area contributed by atoms with Crippen LogP contribution in [-0.4, -0.2) is 53.6 Å². The summed E-state index contributed by atoms with van der Waals surface area (Å²) in [6.07, 6.45) is 1.08. The SMILES string of the molecule is Cc1cccc(C)c1OC[C@@H](O)CN1CCC[C@@H](O)C1. The summed E-state index contributed by atoms with van der Waals surface area (Å²) < 4.78 is 5.76. The molecule has 1 aromatic rings. The van der Waals surface area contributed by atoms with Gasteiger partial charge in [-0.2, -0.15) is 0 Å². The van der Waals surface area contributed by atoms with Gasteiger partial charge in [-0.1, -0.05) is 18.2 Å². The Morgan fingerprint density at radius 3 is 2.70 bits per heavy atom. The molecule has 1 aromatic carbocycles. The normalized spacial score (nSPS) is 21.7. The lowest BCUT2D eigenvalue weighted by Gasteiger charge is -2.31.